The molecule has 2 unspecified atom stereocenters. The molecule has 218 valence electrons. The summed E-state index contributed by atoms with van der Waals surface area (Å²) in [5, 5.41) is 4.97. The minimum absolute atomic E-state index is 0.958. The highest BCUT2D eigenvalue weighted by Crippen LogP contribution is 2.65. The molecule has 0 aromatic heterocycles. The van der Waals surface area contributed by atoms with Gasteiger partial charge in [0, 0.05) is 0 Å². The molecule has 0 spiro atoms. The number of rotatable bonds is 5. The van der Waals surface area contributed by atoms with E-state index in [0.29, 0.717) is 0 Å². The fourth-order valence-corrected chi connectivity index (χ4v) is 10.7. The van der Waals surface area contributed by atoms with Crippen LogP contribution in [0.15, 0.2) is 121 Å². The van der Waals surface area contributed by atoms with Crippen LogP contribution in [-0.2, 0) is 20.1 Å². The minimum Gasteiger partial charge on any atom is -0.401 e. The van der Waals surface area contributed by atoms with Crippen molar-refractivity contribution < 1.29 is 8.85 Å². The Morgan fingerprint density at radius 3 is 1.07 bits per heavy atom. The molecule has 0 aliphatic heterocycles. The SMILES string of the molecule is C[Si](C)(C)OC1(C2(O[Si](C)(C)C)c3ccccc3-c3cccc4cccc2c34)c2ccccc2-c2cccc3cccc1c23. The van der Waals surface area contributed by atoms with E-state index in [1.165, 1.54) is 66.1 Å². The molecule has 0 N–H and O–H groups in total. The molecule has 2 aliphatic carbocycles. The van der Waals surface area contributed by atoms with E-state index in [4.69, 9.17) is 8.85 Å². The fraction of sp³-hybridized carbons (Fsp3) is 0.200. The predicted molar refractivity (Wildman–Crippen MR) is 189 cm³/mol. The largest absolute Gasteiger partial charge is 0.401 e. The lowest BCUT2D eigenvalue weighted by Crippen LogP contribution is -2.62. The molecule has 0 amide bonds. The molecule has 4 heteroatoms. The van der Waals surface area contributed by atoms with E-state index in [9.17, 15) is 0 Å². The van der Waals surface area contributed by atoms with E-state index >= 15 is 0 Å². The Kier molecular flexibility index (Phi) is 5.89. The molecule has 0 bridgehead atoms. The van der Waals surface area contributed by atoms with Gasteiger partial charge in [-0.2, -0.15) is 0 Å². The molecule has 2 aliphatic rings. The first-order chi connectivity index (χ1) is 21.1. The van der Waals surface area contributed by atoms with Gasteiger partial charge in [0.1, 0.15) is 11.2 Å². The molecule has 0 heterocycles. The standard InChI is InChI=1S/C40H38O2Si2/c1-43(2,3)41-39(33-23-9-7-19-29(33)31-21-11-15-27-17-13-25-35(39)37(27)31)40(42-44(4,5)6)34-24-10-8-20-30(34)32-22-12-16-28-18-14-26-36(40)38(28)32/h7-26H,1-6H3. The maximum atomic E-state index is 7.97. The van der Waals surface area contributed by atoms with Crippen molar-refractivity contribution in [3.63, 3.8) is 0 Å². The molecule has 44 heavy (non-hydrogen) atoms. The molecular formula is C40H38O2Si2. The van der Waals surface area contributed by atoms with Gasteiger partial charge in [-0.05, 0) is 105 Å². The smallest absolute Gasteiger partial charge is 0.185 e. The van der Waals surface area contributed by atoms with Crippen LogP contribution in [0.2, 0.25) is 39.3 Å². The summed E-state index contributed by atoms with van der Waals surface area (Å²) >= 11 is 0. The van der Waals surface area contributed by atoms with Crippen LogP contribution in [0.4, 0.5) is 0 Å². The van der Waals surface area contributed by atoms with Gasteiger partial charge in [0.15, 0.2) is 16.6 Å². The van der Waals surface area contributed by atoms with Gasteiger partial charge in [0.2, 0.25) is 0 Å². The second-order valence-electron chi connectivity index (χ2n) is 14.3. The Hall–Kier alpha value is -3.81. The van der Waals surface area contributed by atoms with E-state index in [-0.39, 0.29) is 0 Å². The third kappa shape index (κ3) is 3.72. The molecule has 6 aromatic rings. The van der Waals surface area contributed by atoms with Gasteiger partial charge in [-0.25, -0.2) is 0 Å². The van der Waals surface area contributed by atoms with Crippen molar-refractivity contribution in [3.8, 4) is 22.3 Å². The zero-order chi connectivity index (χ0) is 30.5. The van der Waals surface area contributed by atoms with Crippen molar-refractivity contribution in [2.75, 3.05) is 0 Å². The van der Waals surface area contributed by atoms with Gasteiger partial charge in [0.05, 0.1) is 0 Å². The van der Waals surface area contributed by atoms with Crippen LogP contribution in [0.25, 0.3) is 43.8 Å². The van der Waals surface area contributed by atoms with Crippen molar-refractivity contribution in [2.45, 2.75) is 50.5 Å². The van der Waals surface area contributed by atoms with Gasteiger partial charge >= 0.3 is 0 Å². The average molecular weight is 607 g/mol. The molecule has 2 atom stereocenters. The molecular weight excluding hydrogens is 569 g/mol. The lowest BCUT2D eigenvalue weighted by molar-refractivity contribution is -0.0864. The first kappa shape index (κ1) is 27.7. The summed E-state index contributed by atoms with van der Waals surface area (Å²) in [5.41, 5.74) is 7.78. The van der Waals surface area contributed by atoms with E-state index in [1.54, 1.807) is 0 Å². The third-order valence-corrected chi connectivity index (χ3v) is 11.0. The lowest BCUT2D eigenvalue weighted by atomic mass is 9.58. The Morgan fingerprint density at radius 1 is 0.364 bits per heavy atom. The summed E-state index contributed by atoms with van der Waals surface area (Å²) in [6.45, 7) is 13.9. The van der Waals surface area contributed by atoms with Gasteiger partial charge in [-0.3, -0.25) is 0 Å². The summed E-state index contributed by atoms with van der Waals surface area (Å²) < 4.78 is 15.9. The number of benzene rings is 6. The number of hydrogen-bond donors (Lipinski definition) is 0. The quantitative estimate of drug-likeness (QED) is 0.182. The molecule has 0 fully saturated rings. The van der Waals surface area contributed by atoms with Crippen molar-refractivity contribution in [1.82, 2.24) is 0 Å². The highest BCUT2D eigenvalue weighted by molar-refractivity contribution is 6.70. The Morgan fingerprint density at radius 2 is 0.682 bits per heavy atom. The number of hydrogen-bond acceptors (Lipinski definition) is 2. The predicted octanol–water partition coefficient (Wildman–Crippen LogP) is 10.8. The summed E-state index contributed by atoms with van der Waals surface area (Å²) in [4.78, 5) is 0. The highest BCUT2D eigenvalue weighted by Gasteiger charge is 2.64. The van der Waals surface area contributed by atoms with Crippen LogP contribution in [0.1, 0.15) is 22.3 Å². The first-order valence-corrected chi connectivity index (χ1v) is 22.5. The summed E-state index contributed by atoms with van der Waals surface area (Å²) in [7, 11) is -4.58. The maximum Gasteiger partial charge on any atom is 0.185 e. The summed E-state index contributed by atoms with van der Waals surface area (Å²) in [6.07, 6.45) is 0. The molecule has 0 saturated heterocycles. The Labute approximate surface area is 262 Å². The zero-order valence-corrected chi connectivity index (χ0v) is 28.4. The van der Waals surface area contributed by atoms with Gasteiger partial charge in [-0.1, -0.05) is 121 Å². The van der Waals surface area contributed by atoms with Crippen molar-refractivity contribution in [2.24, 2.45) is 0 Å². The summed E-state index contributed by atoms with van der Waals surface area (Å²) in [6, 6.07) is 44.8. The zero-order valence-electron chi connectivity index (χ0n) is 26.4. The lowest BCUT2D eigenvalue weighted by Gasteiger charge is -2.59. The maximum absolute atomic E-state index is 7.97. The third-order valence-electron chi connectivity index (χ3n) is 9.18. The van der Waals surface area contributed by atoms with Gasteiger partial charge in [-0.15, -0.1) is 0 Å². The normalized spacial score (nSPS) is 20.4. The molecule has 0 saturated carbocycles. The van der Waals surface area contributed by atoms with Crippen LogP contribution in [0.3, 0.4) is 0 Å². The van der Waals surface area contributed by atoms with E-state index in [1.807, 2.05) is 0 Å². The Bertz CT molecular complexity index is 1960. The van der Waals surface area contributed by atoms with Gasteiger partial charge in [0.25, 0.3) is 0 Å². The average Bonchev–Trinajstić information content (AvgIpc) is 3.00. The van der Waals surface area contributed by atoms with Crippen molar-refractivity contribution >= 4 is 38.2 Å². The molecule has 8 rings (SSSR count). The Balaban J connectivity index is 1.69. The monoisotopic (exact) mass is 606 g/mol. The van der Waals surface area contributed by atoms with Crippen LogP contribution >= 0.6 is 0 Å². The van der Waals surface area contributed by atoms with Crippen molar-refractivity contribution in [3.05, 3.63) is 144 Å². The fourth-order valence-electron chi connectivity index (χ4n) is 8.10. The molecule has 6 aromatic carbocycles. The van der Waals surface area contributed by atoms with E-state index < -0.39 is 27.8 Å². The minimum atomic E-state index is -2.29. The highest BCUT2D eigenvalue weighted by atomic mass is 28.4. The second kappa shape index (κ2) is 9.35. The van der Waals surface area contributed by atoms with Gasteiger partial charge < -0.3 is 8.85 Å². The van der Waals surface area contributed by atoms with E-state index in [2.05, 4.69) is 161 Å². The molecule has 2 nitrogen and oxygen atoms in total. The number of fused-ring (bicyclic) bond motifs is 4. The first-order valence-electron chi connectivity index (χ1n) is 15.7. The van der Waals surface area contributed by atoms with Crippen LogP contribution in [0.5, 0.6) is 0 Å². The van der Waals surface area contributed by atoms with Crippen LogP contribution in [-0.4, -0.2) is 16.6 Å². The topological polar surface area (TPSA) is 18.5 Å². The van der Waals surface area contributed by atoms with Crippen molar-refractivity contribution in [1.29, 1.82) is 0 Å². The summed E-state index contributed by atoms with van der Waals surface area (Å²) in [5.74, 6) is 0. The second-order valence-corrected chi connectivity index (χ2v) is 23.2. The van der Waals surface area contributed by atoms with E-state index in [0.717, 1.165) is 0 Å². The van der Waals surface area contributed by atoms with Crippen LogP contribution < -0.4 is 0 Å². The molecule has 0 radical (unpaired) electrons. The van der Waals surface area contributed by atoms with Crippen LogP contribution in [0, 0.1) is 0 Å².